The largest absolute Gasteiger partial charge is 0.492 e. The Balaban J connectivity index is 2.82. The summed E-state index contributed by atoms with van der Waals surface area (Å²) in [7, 11) is 0. The summed E-state index contributed by atoms with van der Waals surface area (Å²) in [5, 5.41) is 0. The van der Waals surface area contributed by atoms with Crippen molar-refractivity contribution in [1.29, 1.82) is 0 Å². The summed E-state index contributed by atoms with van der Waals surface area (Å²) >= 11 is 0. The van der Waals surface area contributed by atoms with Crippen molar-refractivity contribution in [2.75, 3.05) is 6.61 Å². The van der Waals surface area contributed by atoms with Gasteiger partial charge in [-0.05, 0) is 13.0 Å². The van der Waals surface area contributed by atoms with Gasteiger partial charge in [0.2, 0.25) is 5.91 Å². The predicted octanol–water partition coefficient (Wildman–Crippen LogP) is 1.35. The number of hydrogen-bond acceptors (Lipinski definition) is 3. The minimum atomic E-state index is -0.455. The van der Waals surface area contributed by atoms with E-state index in [1.807, 2.05) is 0 Å². The highest BCUT2D eigenvalue weighted by atomic mass is 19.1. The molecule has 1 amide bonds. The minimum absolute atomic E-state index is 0.110. The average Bonchev–Trinajstić information content (AvgIpc) is 2.25. The molecule has 17 heavy (non-hydrogen) atoms. The van der Waals surface area contributed by atoms with Gasteiger partial charge in [-0.2, -0.15) is 0 Å². The summed E-state index contributed by atoms with van der Waals surface area (Å²) in [4.78, 5) is 10.8. The van der Waals surface area contributed by atoms with Crippen molar-refractivity contribution >= 4 is 5.91 Å². The zero-order valence-corrected chi connectivity index (χ0v) is 9.94. The number of carbonyl (C=O) groups is 1. The normalized spacial score (nSPS) is 14.1. The maximum Gasteiger partial charge on any atom is 0.223 e. The summed E-state index contributed by atoms with van der Waals surface area (Å²) in [6.07, 6.45) is 0. The summed E-state index contributed by atoms with van der Waals surface area (Å²) < 4.78 is 18.5. The average molecular weight is 240 g/mol. The SMILES string of the molecule is CC(COc1cc(F)ccc1C(C)N)C(N)=O. The zero-order valence-electron chi connectivity index (χ0n) is 9.94. The van der Waals surface area contributed by atoms with Crippen LogP contribution in [0.3, 0.4) is 0 Å². The van der Waals surface area contributed by atoms with Gasteiger partial charge in [-0.3, -0.25) is 4.79 Å². The molecule has 0 aliphatic carbocycles. The van der Waals surface area contributed by atoms with Crippen molar-refractivity contribution in [3.8, 4) is 5.75 Å². The molecule has 0 saturated carbocycles. The van der Waals surface area contributed by atoms with Gasteiger partial charge in [0.25, 0.3) is 0 Å². The van der Waals surface area contributed by atoms with Gasteiger partial charge in [0.15, 0.2) is 0 Å². The second-order valence-electron chi connectivity index (χ2n) is 4.09. The summed E-state index contributed by atoms with van der Waals surface area (Å²) in [6.45, 7) is 3.53. The lowest BCUT2D eigenvalue weighted by Gasteiger charge is -2.15. The van der Waals surface area contributed by atoms with Crippen LogP contribution in [0.1, 0.15) is 25.5 Å². The quantitative estimate of drug-likeness (QED) is 0.815. The van der Waals surface area contributed by atoms with Crippen LogP contribution in [0, 0.1) is 11.7 Å². The lowest BCUT2D eigenvalue weighted by molar-refractivity contribution is -0.122. The van der Waals surface area contributed by atoms with Gasteiger partial charge in [-0.1, -0.05) is 13.0 Å². The molecule has 2 unspecified atom stereocenters. The number of halogens is 1. The number of nitrogens with two attached hydrogens (primary N) is 2. The third kappa shape index (κ3) is 3.71. The second kappa shape index (κ2) is 5.63. The molecule has 0 aromatic heterocycles. The topological polar surface area (TPSA) is 78.3 Å². The molecule has 0 saturated heterocycles. The molecule has 0 radical (unpaired) electrons. The number of hydrogen-bond donors (Lipinski definition) is 2. The Kier molecular flexibility index (Phi) is 4.45. The number of ether oxygens (including phenoxy) is 1. The molecule has 4 nitrogen and oxygen atoms in total. The zero-order chi connectivity index (χ0) is 13.0. The molecule has 0 spiro atoms. The van der Waals surface area contributed by atoms with Crippen molar-refractivity contribution < 1.29 is 13.9 Å². The van der Waals surface area contributed by atoms with E-state index in [4.69, 9.17) is 16.2 Å². The van der Waals surface area contributed by atoms with E-state index in [9.17, 15) is 9.18 Å². The van der Waals surface area contributed by atoms with Crippen LogP contribution in [-0.2, 0) is 4.79 Å². The molecule has 0 aliphatic heterocycles. The Bertz CT molecular complexity index is 407. The van der Waals surface area contributed by atoms with Crippen LogP contribution in [0.5, 0.6) is 5.75 Å². The summed E-state index contributed by atoms with van der Waals surface area (Å²) in [5.74, 6) is -0.938. The Morgan fingerprint density at radius 3 is 2.65 bits per heavy atom. The summed E-state index contributed by atoms with van der Waals surface area (Å²) in [6, 6.07) is 3.88. The van der Waals surface area contributed by atoms with E-state index in [0.29, 0.717) is 11.3 Å². The third-order valence-corrected chi connectivity index (χ3v) is 2.44. The fourth-order valence-corrected chi connectivity index (χ4v) is 1.31. The van der Waals surface area contributed by atoms with Crippen molar-refractivity contribution in [2.24, 2.45) is 17.4 Å². The first-order valence-corrected chi connectivity index (χ1v) is 5.39. The van der Waals surface area contributed by atoms with Crippen molar-refractivity contribution in [3.63, 3.8) is 0 Å². The van der Waals surface area contributed by atoms with Gasteiger partial charge in [-0.15, -0.1) is 0 Å². The molecule has 0 bridgehead atoms. The minimum Gasteiger partial charge on any atom is -0.492 e. The molecule has 0 aliphatic rings. The Morgan fingerprint density at radius 2 is 2.12 bits per heavy atom. The van der Waals surface area contributed by atoms with Crippen LogP contribution in [0.25, 0.3) is 0 Å². The fraction of sp³-hybridized carbons (Fsp3) is 0.417. The molecule has 94 valence electrons. The molecule has 0 fully saturated rings. The van der Waals surface area contributed by atoms with Crippen LogP contribution in [0.15, 0.2) is 18.2 Å². The number of amides is 1. The van der Waals surface area contributed by atoms with Gasteiger partial charge in [-0.25, -0.2) is 4.39 Å². The monoisotopic (exact) mass is 240 g/mol. The molecule has 5 heteroatoms. The van der Waals surface area contributed by atoms with E-state index in [-0.39, 0.29) is 12.6 Å². The Morgan fingerprint density at radius 1 is 1.47 bits per heavy atom. The number of benzene rings is 1. The number of carbonyl (C=O) groups excluding carboxylic acids is 1. The molecular formula is C12H17FN2O2. The van der Waals surface area contributed by atoms with Gasteiger partial charge in [0, 0.05) is 17.7 Å². The van der Waals surface area contributed by atoms with Crippen LogP contribution >= 0.6 is 0 Å². The number of rotatable bonds is 5. The van der Waals surface area contributed by atoms with Crippen molar-refractivity contribution in [3.05, 3.63) is 29.6 Å². The van der Waals surface area contributed by atoms with Gasteiger partial charge in [0.1, 0.15) is 11.6 Å². The van der Waals surface area contributed by atoms with Crippen molar-refractivity contribution in [1.82, 2.24) is 0 Å². The highest BCUT2D eigenvalue weighted by Gasteiger charge is 2.13. The van der Waals surface area contributed by atoms with E-state index < -0.39 is 17.6 Å². The molecule has 2 atom stereocenters. The molecule has 1 aromatic carbocycles. The highest BCUT2D eigenvalue weighted by molar-refractivity contribution is 5.76. The molecule has 1 aromatic rings. The smallest absolute Gasteiger partial charge is 0.223 e. The van der Waals surface area contributed by atoms with E-state index in [0.717, 1.165) is 0 Å². The summed E-state index contributed by atoms with van der Waals surface area (Å²) in [5.41, 5.74) is 11.5. The van der Waals surface area contributed by atoms with E-state index in [1.165, 1.54) is 12.1 Å². The molecule has 1 rings (SSSR count). The molecular weight excluding hydrogens is 223 g/mol. The molecule has 0 heterocycles. The Hall–Kier alpha value is -1.62. The fourth-order valence-electron chi connectivity index (χ4n) is 1.31. The first kappa shape index (κ1) is 13.4. The first-order valence-electron chi connectivity index (χ1n) is 5.39. The van der Waals surface area contributed by atoms with Crippen LogP contribution in [-0.4, -0.2) is 12.5 Å². The van der Waals surface area contributed by atoms with Crippen LogP contribution in [0.2, 0.25) is 0 Å². The van der Waals surface area contributed by atoms with Gasteiger partial charge >= 0.3 is 0 Å². The van der Waals surface area contributed by atoms with E-state index in [1.54, 1.807) is 19.9 Å². The maximum absolute atomic E-state index is 13.1. The van der Waals surface area contributed by atoms with Crippen LogP contribution in [0.4, 0.5) is 4.39 Å². The Labute approximate surface area is 99.7 Å². The van der Waals surface area contributed by atoms with E-state index in [2.05, 4.69) is 0 Å². The second-order valence-corrected chi connectivity index (χ2v) is 4.09. The van der Waals surface area contributed by atoms with E-state index >= 15 is 0 Å². The van der Waals surface area contributed by atoms with Gasteiger partial charge in [0.05, 0.1) is 12.5 Å². The van der Waals surface area contributed by atoms with Crippen LogP contribution < -0.4 is 16.2 Å². The predicted molar refractivity (Wildman–Crippen MR) is 62.9 cm³/mol. The first-order chi connectivity index (χ1) is 7.91. The lowest BCUT2D eigenvalue weighted by atomic mass is 10.1. The third-order valence-electron chi connectivity index (χ3n) is 2.44. The van der Waals surface area contributed by atoms with Crippen molar-refractivity contribution in [2.45, 2.75) is 19.9 Å². The standard InChI is InChI=1S/C12H17FN2O2/c1-7(12(15)16)6-17-11-5-9(13)3-4-10(11)8(2)14/h3-5,7-8H,6,14H2,1-2H3,(H2,15,16). The number of primary amides is 1. The maximum atomic E-state index is 13.1. The lowest BCUT2D eigenvalue weighted by Crippen LogP contribution is -2.26. The molecule has 4 N–H and O–H groups in total. The highest BCUT2D eigenvalue weighted by Crippen LogP contribution is 2.25. The van der Waals surface area contributed by atoms with Gasteiger partial charge < -0.3 is 16.2 Å².